The second-order valence-corrected chi connectivity index (χ2v) is 0. The molecule has 0 bridgehead atoms. The molecule has 0 saturated heterocycles. The Bertz CT molecular complexity index is 3.25. The van der Waals surface area contributed by atoms with Gasteiger partial charge in [0.25, 0.3) is 0 Å². The van der Waals surface area contributed by atoms with Gasteiger partial charge in [-0.05, 0) is 0 Å². The normalized spacial score (nSPS) is 1.50. The SMILES string of the molecule is Br.Br.[O-][BrH+]. The van der Waals surface area contributed by atoms with E-state index in [1.807, 2.05) is 0 Å². The molecule has 0 aromatic heterocycles. The van der Waals surface area contributed by atoms with Gasteiger partial charge in [0, 0.05) is 0 Å². The van der Waals surface area contributed by atoms with Crippen molar-refractivity contribution in [2.45, 2.75) is 0 Å². The molecular weight excluding hydrogens is 256 g/mol. The van der Waals surface area contributed by atoms with E-state index in [1.165, 1.54) is 16.3 Å². The van der Waals surface area contributed by atoms with Crippen LogP contribution in [0.1, 0.15) is 0 Å². The summed E-state index contributed by atoms with van der Waals surface area (Å²) in [6, 6.07) is 0. The van der Waals surface area contributed by atoms with Crippen molar-refractivity contribution in [2.24, 2.45) is 0 Å². The molecule has 0 aliphatic heterocycles. The fourth-order valence-corrected chi connectivity index (χ4v) is 0. The molecule has 0 aromatic carbocycles. The van der Waals surface area contributed by atoms with Crippen LogP contribution in [0.2, 0.25) is 0 Å². The van der Waals surface area contributed by atoms with Crippen LogP contribution in [-0.2, 0) is 0 Å². The third-order valence-corrected chi connectivity index (χ3v) is 0. The summed E-state index contributed by atoms with van der Waals surface area (Å²) >= 11 is 1.38. The highest BCUT2D eigenvalue weighted by molar-refractivity contribution is 8.93. The van der Waals surface area contributed by atoms with Crippen LogP contribution in [0.4, 0.5) is 0 Å². The lowest BCUT2D eigenvalue weighted by Crippen LogP contribution is -1.76. The molecule has 0 aliphatic rings. The molecule has 0 aliphatic carbocycles. The van der Waals surface area contributed by atoms with Gasteiger partial charge in [0.1, 0.15) is 0 Å². The maximum absolute atomic E-state index is 8.12. The fraction of sp³-hybridized carbons (Fsp3) is 0. The minimum Gasteiger partial charge on any atom is -0.586 e. The zero-order valence-electron chi connectivity index (χ0n) is 1.63. The smallest absolute Gasteiger partial charge is 0.183 e. The maximum Gasteiger partial charge on any atom is 0.183 e. The second kappa shape index (κ2) is 26.0. The van der Waals surface area contributed by atoms with Gasteiger partial charge in [-0.25, -0.2) is 0 Å². The predicted octanol–water partition coefficient (Wildman–Crippen LogP) is -0.301. The molecule has 0 amide bonds. The molecule has 0 saturated carbocycles. The molecule has 0 rings (SSSR count). The molecule has 4 heteroatoms. The second-order valence-electron chi connectivity index (χ2n) is 0. The Kier molecular flexibility index (Phi) is 118. The van der Waals surface area contributed by atoms with Gasteiger partial charge >= 0.3 is 0 Å². The van der Waals surface area contributed by atoms with E-state index in [1.54, 1.807) is 0 Å². The first-order valence-corrected chi connectivity index (χ1v) is 0.866. The highest BCUT2D eigenvalue weighted by atomic mass is 79.9. The third-order valence-electron chi connectivity index (χ3n) is 0. The number of rotatable bonds is 0. The number of hydrogen-bond donors (Lipinski definition) is 0. The molecule has 0 fully saturated rings. The van der Waals surface area contributed by atoms with Gasteiger partial charge in [-0.2, -0.15) is 0 Å². The van der Waals surface area contributed by atoms with Crippen molar-refractivity contribution < 1.29 is 20.5 Å². The van der Waals surface area contributed by atoms with Crippen LogP contribution in [0.5, 0.6) is 0 Å². The van der Waals surface area contributed by atoms with Crippen LogP contribution >= 0.6 is 34.0 Å². The first-order valence-electron chi connectivity index (χ1n) is 0.167. The van der Waals surface area contributed by atoms with Crippen LogP contribution in [0.25, 0.3) is 0 Å². The van der Waals surface area contributed by atoms with Crippen molar-refractivity contribution in [3.05, 3.63) is 0 Å². The van der Waals surface area contributed by atoms with Crippen LogP contribution < -0.4 is 4.20 Å². The number of halogens is 3. The van der Waals surface area contributed by atoms with Crippen LogP contribution in [0.15, 0.2) is 0 Å². The lowest BCUT2D eigenvalue weighted by Gasteiger charge is -1.27. The Morgan fingerprint density at radius 1 is 1.00 bits per heavy atom. The molecule has 0 unspecified atom stereocenters. The molecule has 4 heavy (non-hydrogen) atoms. The summed E-state index contributed by atoms with van der Waals surface area (Å²) in [5.74, 6) is 0. The lowest BCUT2D eigenvalue weighted by molar-refractivity contribution is -1.000. The van der Waals surface area contributed by atoms with E-state index in [9.17, 15) is 0 Å². The molecule has 0 heterocycles. The van der Waals surface area contributed by atoms with Crippen LogP contribution in [0, 0.1) is 16.3 Å². The molecular formula is H3Br3O. The van der Waals surface area contributed by atoms with Gasteiger partial charge in [-0.3, -0.25) is 0 Å². The van der Waals surface area contributed by atoms with Gasteiger partial charge in [0.2, 0.25) is 0 Å². The van der Waals surface area contributed by atoms with E-state index >= 15 is 0 Å². The van der Waals surface area contributed by atoms with Crippen LogP contribution in [-0.4, -0.2) is 0 Å². The van der Waals surface area contributed by atoms with Gasteiger partial charge in [0.05, 0.1) is 0 Å². The largest absolute Gasteiger partial charge is 0.586 e. The Balaban J connectivity index is -0.00000000500. The van der Waals surface area contributed by atoms with Crippen molar-refractivity contribution in [2.75, 3.05) is 0 Å². The average Bonchev–Trinajstić information content (AvgIpc) is 1.00. The lowest BCUT2D eigenvalue weighted by atomic mass is 16.0. The summed E-state index contributed by atoms with van der Waals surface area (Å²) in [5.41, 5.74) is 0. The Labute approximate surface area is 54.4 Å². The van der Waals surface area contributed by atoms with E-state index in [4.69, 9.17) is 4.20 Å². The highest BCUT2D eigenvalue weighted by Gasteiger charge is 0.870. The Morgan fingerprint density at radius 2 is 1.00 bits per heavy atom. The predicted molar refractivity (Wildman–Crippen MR) is 22.0 cm³/mol. The zero-order chi connectivity index (χ0) is 2.00. The van der Waals surface area contributed by atoms with E-state index < -0.39 is 0 Å². The minimum absolute atomic E-state index is 0. The third kappa shape index (κ3) is 9.99. The summed E-state index contributed by atoms with van der Waals surface area (Å²) < 4.78 is 8.12. The fourth-order valence-electron chi connectivity index (χ4n) is 0. The summed E-state index contributed by atoms with van der Waals surface area (Å²) in [4.78, 5) is 0. The first-order chi connectivity index (χ1) is 1.00. The Hall–Kier alpha value is 1.40. The maximum atomic E-state index is 8.12. The van der Waals surface area contributed by atoms with E-state index in [0.29, 0.717) is 0 Å². The van der Waals surface area contributed by atoms with Crippen molar-refractivity contribution in [1.82, 2.24) is 0 Å². The van der Waals surface area contributed by atoms with Crippen molar-refractivity contribution in [3.63, 3.8) is 0 Å². The van der Waals surface area contributed by atoms with Crippen molar-refractivity contribution >= 4 is 34.0 Å². The molecule has 30 valence electrons. The summed E-state index contributed by atoms with van der Waals surface area (Å²) in [7, 11) is 0. The summed E-state index contributed by atoms with van der Waals surface area (Å²) in [5, 5.41) is 0. The number of hydrogen-bond acceptors (Lipinski definition) is 1. The van der Waals surface area contributed by atoms with E-state index in [2.05, 4.69) is 0 Å². The van der Waals surface area contributed by atoms with E-state index in [-0.39, 0.29) is 34.0 Å². The van der Waals surface area contributed by atoms with E-state index in [0.717, 1.165) is 0 Å². The topological polar surface area (TPSA) is 23.1 Å². The standard InChI is InChI=1S/BrHO.2BrH/c1-2;;/h1H;2*1H. The highest BCUT2D eigenvalue weighted by Crippen LogP contribution is 0.847. The molecule has 0 atom stereocenters. The zero-order valence-corrected chi connectivity index (χ0v) is 6.77. The molecule has 0 radical (unpaired) electrons. The molecule has 0 spiro atoms. The molecule has 0 aromatic rings. The van der Waals surface area contributed by atoms with Gasteiger partial charge < -0.3 is 4.20 Å². The van der Waals surface area contributed by atoms with Gasteiger partial charge in [-0.15, -0.1) is 34.0 Å². The van der Waals surface area contributed by atoms with Gasteiger partial charge in [0.15, 0.2) is 16.3 Å². The first kappa shape index (κ1) is 18.2. The van der Waals surface area contributed by atoms with Gasteiger partial charge in [-0.1, -0.05) is 0 Å². The van der Waals surface area contributed by atoms with Crippen molar-refractivity contribution in [1.29, 1.82) is 0 Å². The summed E-state index contributed by atoms with van der Waals surface area (Å²) in [6.07, 6.45) is 0. The minimum atomic E-state index is 0. The monoisotopic (exact) mass is 256 g/mol. The molecule has 0 N–H and O–H groups in total. The average molecular weight is 259 g/mol. The van der Waals surface area contributed by atoms with Crippen LogP contribution in [0.3, 0.4) is 0 Å². The quantitative estimate of drug-likeness (QED) is 0.585. The molecule has 1 nitrogen and oxygen atoms in total. The van der Waals surface area contributed by atoms with Crippen molar-refractivity contribution in [3.8, 4) is 0 Å². The Morgan fingerprint density at radius 3 is 1.00 bits per heavy atom. The summed E-state index contributed by atoms with van der Waals surface area (Å²) in [6.45, 7) is 0.